The molecule has 0 saturated heterocycles. The molecule has 4 heteroatoms. The second-order valence-electron chi connectivity index (χ2n) is 3.74. The first kappa shape index (κ1) is 11.6. The van der Waals surface area contributed by atoms with Crippen molar-refractivity contribution in [2.24, 2.45) is 0 Å². The number of rotatable bonds is 4. The highest BCUT2D eigenvalue weighted by atomic mass is 16.6. The van der Waals surface area contributed by atoms with Gasteiger partial charge in [-0.1, -0.05) is 0 Å². The molecule has 4 nitrogen and oxygen atoms in total. The van der Waals surface area contributed by atoms with Crippen molar-refractivity contribution in [3.8, 4) is 5.95 Å². The van der Waals surface area contributed by atoms with E-state index in [0.717, 1.165) is 0 Å². The maximum atomic E-state index is 11.4. The Morgan fingerprint density at radius 1 is 1.20 bits per heavy atom. The first-order valence-electron chi connectivity index (χ1n) is 4.96. The van der Waals surface area contributed by atoms with Gasteiger partial charge in [0.05, 0.1) is 12.2 Å². The molecule has 0 saturated carbocycles. The minimum atomic E-state index is -0.469. The van der Waals surface area contributed by atoms with E-state index in [1.54, 1.807) is 26.0 Å². The van der Waals surface area contributed by atoms with Crippen LogP contribution in [0, 0.1) is 0 Å². The van der Waals surface area contributed by atoms with Gasteiger partial charge in [0.2, 0.25) is 5.76 Å². The molecular formula is C11H16O4. The molecule has 0 aliphatic heterocycles. The van der Waals surface area contributed by atoms with Crippen LogP contribution in [0.2, 0.25) is 0 Å². The van der Waals surface area contributed by atoms with Gasteiger partial charge in [0.25, 0.3) is 5.95 Å². The number of carbonyl (C=O) groups is 1. The molecule has 0 N–H and O–H groups in total. The molecule has 0 unspecified atom stereocenters. The number of esters is 1. The van der Waals surface area contributed by atoms with Gasteiger partial charge in [-0.3, -0.25) is 0 Å². The number of furan rings is 1. The van der Waals surface area contributed by atoms with Crippen LogP contribution in [0.3, 0.4) is 0 Å². The lowest BCUT2D eigenvalue weighted by Gasteiger charge is -2.06. The second-order valence-corrected chi connectivity index (χ2v) is 3.74. The number of carbonyl (C=O) groups excluding carboxylic acids is 1. The SMILES string of the molecule is CC(C)OC(=O)c1ccc(OC(C)C)o1. The van der Waals surface area contributed by atoms with Crippen molar-refractivity contribution in [2.75, 3.05) is 0 Å². The Bertz CT molecular complexity index is 325. The zero-order valence-corrected chi connectivity index (χ0v) is 9.44. The normalized spacial score (nSPS) is 10.8. The third-order valence-corrected chi connectivity index (χ3v) is 1.48. The van der Waals surface area contributed by atoms with E-state index in [1.165, 1.54) is 0 Å². The zero-order valence-electron chi connectivity index (χ0n) is 9.44. The van der Waals surface area contributed by atoms with Crippen molar-refractivity contribution in [2.45, 2.75) is 39.9 Å². The van der Waals surface area contributed by atoms with Crippen LogP contribution in [0.5, 0.6) is 5.95 Å². The van der Waals surface area contributed by atoms with Crippen LogP contribution in [-0.4, -0.2) is 18.2 Å². The van der Waals surface area contributed by atoms with Crippen LogP contribution >= 0.6 is 0 Å². The molecule has 84 valence electrons. The molecule has 1 rings (SSSR count). The summed E-state index contributed by atoms with van der Waals surface area (Å²) in [6, 6.07) is 3.15. The van der Waals surface area contributed by atoms with Gasteiger partial charge in [-0.05, 0) is 33.8 Å². The maximum Gasteiger partial charge on any atom is 0.374 e. The topological polar surface area (TPSA) is 48.7 Å². The molecular weight excluding hydrogens is 196 g/mol. The Hall–Kier alpha value is -1.45. The third kappa shape index (κ3) is 3.65. The van der Waals surface area contributed by atoms with Gasteiger partial charge in [0, 0.05) is 6.07 Å². The van der Waals surface area contributed by atoms with Crippen LogP contribution in [0.25, 0.3) is 0 Å². The number of hydrogen-bond acceptors (Lipinski definition) is 4. The van der Waals surface area contributed by atoms with E-state index in [0.29, 0.717) is 5.95 Å². The van der Waals surface area contributed by atoms with E-state index in [9.17, 15) is 4.79 Å². The molecule has 0 fully saturated rings. The molecule has 0 atom stereocenters. The largest absolute Gasteiger partial charge is 0.462 e. The molecule has 1 heterocycles. The van der Waals surface area contributed by atoms with Gasteiger partial charge >= 0.3 is 5.97 Å². The van der Waals surface area contributed by atoms with Crippen molar-refractivity contribution >= 4 is 5.97 Å². The summed E-state index contributed by atoms with van der Waals surface area (Å²) in [5.74, 6) is 0.0312. The van der Waals surface area contributed by atoms with Gasteiger partial charge in [-0.25, -0.2) is 4.79 Å². The molecule has 0 aliphatic rings. The molecule has 1 aromatic heterocycles. The minimum Gasteiger partial charge on any atom is -0.462 e. The minimum absolute atomic E-state index is 0.0186. The van der Waals surface area contributed by atoms with Gasteiger partial charge in [0.15, 0.2) is 0 Å². The van der Waals surface area contributed by atoms with Crippen molar-refractivity contribution in [3.05, 3.63) is 17.9 Å². The molecule has 0 bridgehead atoms. The van der Waals surface area contributed by atoms with Crippen molar-refractivity contribution in [1.29, 1.82) is 0 Å². The molecule has 0 amide bonds. The van der Waals surface area contributed by atoms with Crippen LogP contribution in [-0.2, 0) is 4.74 Å². The lowest BCUT2D eigenvalue weighted by atomic mass is 10.4. The van der Waals surface area contributed by atoms with Gasteiger partial charge in [0.1, 0.15) is 0 Å². The van der Waals surface area contributed by atoms with Gasteiger partial charge in [-0.15, -0.1) is 0 Å². The third-order valence-electron chi connectivity index (χ3n) is 1.48. The van der Waals surface area contributed by atoms with Gasteiger partial charge in [-0.2, -0.15) is 0 Å². The predicted octanol–water partition coefficient (Wildman–Crippen LogP) is 2.63. The van der Waals surface area contributed by atoms with Gasteiger partial charge < -0.3 is 13.9 Å². The monoisotopic (exact) mass is 212 g/mol. The second kappa shape index (κ2) is 4.87. The van der Waals surface area contributed by atoms with E-state index in [2.05, 4.69) is 0 Å². The standard InChI is InChI=1S/C11H16O4/c1-7(2)13-10-6-5-9(15-10)11(12)14-8(3)4/h5-8H,1-4H3. The summed E-state index contributed by atoms with van der Waals surface area (Å²) in [4.78, 5) is 11.4. The first-order chi connectivity index (χ1) is 6.99. The fourth-order valence-electron chi connectivity index (χ4n) is 0.998. The predicted molar refractivity (Wildman–Crippen MR) is 55.0 cm³/mol. The highest BCUT2D eigenvalue weighted by Crippen LogP contribution is 2.18. The smallest absolute Gasteiger partial charge is 0.374 e. The van der Waals surface area contributed by atoms with E-state index >= 15 is 0 Å². The lowest BCUT2D eigenvalue weighted by molar-refractivity contribution is 0.0331. The quantitative estimate of drug-likeness (QED) is 0.720. The molecule has 1 aromatic rings. The Balaban J connectivity index is 2.63. The average molecular weight is 212 g/mol. The fourth-order valence-corrected chi connectivity index (χ4v) is 0.998. The van der Waals surface area contributed by atoms with E-state index in [1.807, 2.05) is 13.8 Å². The summed E-state index contributed by atoms with van der Waals surface area (Å²) in [6.45, 7) is 7.34. The van der Waals surface area contributed by atoms with E-state index < -0.39 is 5.97 Å². The van der Waals surface area contributed by atoms with E-state index in [4.69, 9.17) is 13.9 Å². The van der Waals surface area contributed by atoms with E-state index in [-0.39, 0.29) is 18.0 Å². The highest BCUT2D eigenvalue weighted by molar-refractivity contribution is 5.86. The summed E-state index contributed by atoms with van der Waals surface area (Å²) in [6.07, 6.45) is -0.137. The summed E-state index contributed by atoms with van der Waals surface area (Å²) in [7, 11) is 0. The Morgan fingerprint density at radius 3 is 2.40 bits per heavy atom. The summed E-state index contributed by atoms with van der Waals surface area (Å²) < 4.78 is 15.4. The van der Waals surface area contributed by atoms with Crippen LogP contribution < -0.4 is 4.74 Å². The number of ether oxygens (including phenoxy) is 2. The summed E-state index contributed by atoms with van der Waals surface area (Å²) >= 11 is 0. The Morgan fingerprint density at radius 2 is 1.87 bits per heavy atom. The molecule has 15 heavy (non-hydrogen) atoms. The molecule has 0 spiro atoms. The molecule has 0 aliphatic carbocycles. The first-order valence-corrected chi connectivity index (χ1v) is 4.96. The summed E-state index contributed by atoms with van der Waals surface area (Å²) in [5.41, 5.74) is 0. The van der Waals surface area contributed by atoms with Crippen molar-refractivity contribution in [1.82, 2.24) is 0 Å². The Kier molecular flexibility index (Phi) is 3.77. The lowest BCUT2D eigenvalue weighted by Crippen LogP contribution is -2.10. The maximum absolute atomic E-state index is 11.4. The van der Waals surface area contributed by atoms with Crippen molar-refractivity contribution in [3.63, 3.8) is 0 Å². The van der Waals surface area contributed by atoms with Crippen LogP contribution in [0.1, 0.15) is 38.2 Å². The van der Waals surface area contributed by atoms with Crippen LogP contribution in [0.15, 0.2) is 16.5 Å². The highest BCUT2D eigenvalue weighted by Gasteiger charge is 2.14. The van der Waals surface area contributed by atoms with Crippen molar-refractivity contribution < 1.29 is 18.7 Å². The molecule has 0 aromatic carbocycles. The fraction of sp³-hybridized carbons (Fsp3) is 0.545. The molecule has 0 radical (unpaired) electrons. The summed E-state index contributed by atoms with van der Waals surface area (Å²) in [5, 5.41) is 0. The van der Waals surface area contributed by atoms with Crippen LogP contribution in [0.4, 0.5) is 0 Å². The Labute approximate surface area is 89.2 Å². The number of hydrogen-bond donors (Lipinski definition) is 0. The zero-order chi connectivity index (χ0) is 11.4. The average Bonchev–Trinajstić information content (AvgIpc) is 2.50.